The van der Waals surface area contributed by atoms with E-state index in [1.165, 1.54) is 0 Å². The molecule has 0 aromatic carbocycles. The summed E-state index contributed by atoms with van der Waals surface area (Å²) in [7, 11) is 0. The van der Waals surface area contributed by atoms with Crippen molar-refractivity contribution < 1.29 is 4.74 Å². The lowest BCUT2D eigenvalue weighted by molar-refractivity contribution is 0.232. The minimum absolute atomic E-state index is 0.130. The number of hydrogen-bond donors (Lipinski definition) is 1. The fourth-order valence-electron chi connectivity index (χ4n) is 0.985. The summed E-state index contributed by atoms with van der Waals surface area (Å²) in [4.78, 5) is 8.30. The van der Waals surface area contributed by atoms with E-state index in [4.69, 9.17) is 4.74 Å². The Hall–Kier alpha value is -1.32. The summed E-state index contributed by atoms with van der Waals surface area (Å²) in [5.41, 5.74) is 0. The van der Waals surface area contributed by atoms with Crippen LogP contribution in [-0.4, -0.2) is 22.6 Å². The van der Waals surface area contributed by atoms with Gasteiger partial charge in [-0.1, -0.05) is 6.92 Å². The monoisotopic (exact) mass is 195 g/mol. The quantitative estimate of drug-likeness (QED) is 0.781. The van der Waals surface area contributed by atoms with Gasteiger partial charge in [0.1, 0.15) is 5.82 Å². The van der Waals surface area contributed by atoms with E-state index >= 15 is 0 Å². The highest BCUT2D eigenvalue weighted by molar-refractivity contribution is 5.32. The van der Waals surface area contributed by atoms with E-state index in [0.29, 0.717) is 5.88 Å². The Morgan fingerprint density at radius 1 is 1.43 bits per heavy atom. The summed E-state index contributed by atoms with van der Waals surface area (Å²) in [6, 6.07) is 0. The molecule has 1 aromatic rings. The molecular formula is C10H17N3O. The van der Waals surface area contributed by atoms with Crippen molar-refractivity contribution in [2.24, 2.45) is 0 Å². The van der Waals surface area contributed by atoms with Gasteiger partial charge in [-0.25, -0.2) is 0 Å². The zero-order chi connectivity index (χ0) is 10.4. The SMILES string of the molecule is CCCNc1cncc(OC(C)C)n1. The van der Waals surface area contributed by atoms with Crippen molar-refractivity contribution in [3.8, 4) is 5.88 Å². The van der Waals surface area contributed by atoms with Crippen LogP contribution in [-0.2, 0) is 0 Å². The summed E-state index contributed by atoms with van der Waals surface area (Å²) < 4.78 is 5.42. The minimum Gasteiger partial charge on any atom is -0.474 e. The lowest BCUT2D eigenvalue weighted by Gasteiger charge is -2.09. The molecule has 0 aliphatic rings. The maximum absolute atomic E-state index is 5.42. The van der Waals surface area contributed by atoms with Crippen LogP contribution in [0.2, 0.25) is 0 Å². The topological polar surface area (TPSA) is 47.0 Å². The van der Waals surface area contributed by atoms with Crippen LogP contribution in [0.3, 0.4) is 0 Å². The fourth-order valence-corrected chi connectivity index (χ4v) is 0.985. The molecule has 78 valence electrons. The van der Waals surface area contributed by atoms with Crippen molar-refractivity contribution in [2.45, 2.75) is 33.3 Å². The summed E-state index contributed by atoms with van der Waals surface area (Å²) >= 11 is 0. The first-order valence-corrected chi connectivity index (χ1v) is 4.95. The number of nitrogens with zero attached hydrogens (tertiary/aromatic N) is 2. The van der Waals surface area contributed by atoms with Crippen LogP contribution in [0.25, 0.3) is 0 Å². The molecular weight excluding hydrogens is 178 g/mol. The van der Waals surface area contributed by atoms with Gasteiger partial charge in [-0.15, -0.1) is 0 Å². The van der Waals surface area contributed by atoms with Crippen LogP contribution >= 0.6 is 0 Å². The van der Waals surface area contributed by atoms with Crippen LogP contribution in [0.15, 0.2) is 12.4 Å². The molecule has 1 rings (SSSR count). The van der Waals surface area contributed by atoms with Crippen molar-refractivity contribution in [1.29, 1.82) is 0 Å². The van der Waals surface area contributed by atoms with Crippen molar-refractivity contribution in [3.05, 3.63) is 12.4 Å². The number of hydrogen-bond acceptors (Lipinski definition) is 4. The minimum atomic E-state index is 0.130. The van der Waals surface area contributed by atoms with Crippen LogP contribution < -0.4 is 10.1 Å². The normalized spacial score (nSPS) is 10.3. The van der Waals surface area contributed by atoms with Gasteiger partial charge in [-0.05, 0) is 20.3 Å². The van der Waals surface area contributed by atoms with Crippen LogP contribution in [0, 0.1) is 0 Å². The molecule has 0 saturated carbocycles. The number of anilines is 1. The molecule has 14 heavy (non-hydrogen) atoms. The van der Waals surface area contributed by atoms with Crippen LogP contribution in [0.5, 0.6) is 5.88 Å². The van der Waals surface area contributed by atoms with E-state index < -0.39 is 0 Å². The molecule has 0 aliphatic heterocycles. The number of nitrogens with one attached hydrogen (secondary N) is 1. The smallest absolute Gasteiger partial charge is 0.234 e. The van der Waals surface area contributed by atoms with E-state index in [1.54, 1.807) is 12.4 Å². The summed E-state index contributed by atoms with van der Waals surface area (Å²) in [6.45, 7) is 6.94. The van der Waals surface area contributed by atoms with Crippen molar-refractivity contribution in [1.82, 2.24) is 9.97 Å². The van der Waals surface area contributed by atoms with E-state index in [-0.39, 0.29) is 6.10 Å². The number of rotatable bonds is 5. The van der Waals surface area contributed by atoms with Gasteiger partial charge in [0.15, 0.2) is 0 Å². The van der Waals surface area contributed by atoms with E-state index in [9.17, 15) is 0 Å². The summed E-state index contributed by atoms with van der Waals surface area (Å²) in [5, 5.41) is 3.15. The molecule has 4 heteroatoms. The van der Waals surface area contributed by atoms with Gasteiger partial charge < -0.3 is 10.1 Å². The highest BCUT2D eigenvalue weighted by Crippen LogP contribution is 2.10. The van der Waals surface area contributed by atoms with Gasteiger partial charge in [0.25, 0.3) is 0 Å². The van der Waals surface area contributed by atoms with E-state index in [0.717, 1.165) is 18.8 Å². The highest BCUT2D eigenvalue weighted by Gasteiger charge is 2.00. The zero-order valence-corrected chi connectivity index (χ0v) is 8.95. The Labute approximate surface area is 84.7 Å². The molecule has 0 aliphatic carbocycles. The van der Waals surface area contributed by atoms with Gasteiger partial charge in [-0.2, -0.15) is 4.98 Å². The largest absolute Gasteiger partial charge is 0.474 e. The standard InChI is InChI=1S/C10H17N3O/c1-4-5-12-9-6-11-7-10(13-9)14-8(2)3/h6-8H,4-5H2,1-3H3,(H,12,13). The molecule has 4 nitrogen and oxygen atoms in total. The number of ether oxygens (including phenoxy) is 1. The summed E-state index contributed by atoms with van der Waals surface area (Å²) in [5.74, 6) is 1.34. The molecule has 0 spiro atoms. The molecule has 0 radical (unpaired) electrons. The third-order valence-corrected chi connectivity index (χ3v) is 1.53. The molecule has 0 bridgehead atoms. The van der Waals surface area contributed by atoms with E-state index in [1.807, 2.05) is 13.8 Å². The maximum Gasteiger partial charge on any atom is 0.234 e. The molecule has 0 unspecified atom stereocenters. The second-order valence-electron chi connectivity index (χ2n) is 3.34. The second kappa shape index (κ2) is 5.42. The first kappa shape index (κ1) is 10.8. The molecule has 0 atom stereocenters. The Kier molecular flexibility index (Phi) is 4.16. The Bertz CT molecular complexity index is 276. The van der Waals surface area contributed by atoms with E-state index in [2.05, 4.69) is 22.2 Å². The van der Waals surface area contributed by atoms with Gasteiger partial charge >= 0.3 is 0 Å². The lowest BCUT2D eigenvalue weighted by Crippen LogP contribution is -2.09. The molecule has 0 saturated heterocycles. The maximum atomic E-state index is 5.42. The highest BCUT2D eigenvalue weighted by atomic mass is 16.5. The van der Waals surface area contributed by atoms with Gasteiger partial charge in [0, 0.05) is 6.54 Å². The second-order valence-corrected chi connectivity index (χ2v) is 3.34. The lowest BCUT2D eigenvalue weighted by atomic mass is 10.5. The summed E-state index contributed by atoms with van der Waals surface area (Å²) in [6.07, 6.45) is 4.52. The van der Waals surface area contributed by atoms with Gasteiger partial charge in [0.05, 0.1) is 18.5 Å². The van der Waals surface area contributed by atoms with Crippen molar-refractivity contribution in [3.63, 3.8) is 0 Å². The zero-order valence-electron chi connectivity index (χ0n) is 8.95. The van der Waals surface area contributed by atoms with Crippen LogP contribution in [0.1, 0.15) is 27.2 Å². The Morgan fingerprint density at radius 2 is 2.21 bits per heavy atom. The molecule has 1 aromatic heterocycles. The van der Waals surface area contributed by atoms with Crippen molar-refractivity contribution >= 4 is 5.82 Å². The Morgan fingerprint density at radius 3 is 2.86 bits per heavy atom. The molecule has 1 heterocycles. The number of aromatic nitrogens is 2. The predicted molar refractivity (Wildman–Crippen MR) is 56.6 cm³/mol. The average molecular weight is 195 g/mol. The van der Waals surface area contributed by atoms with Crippen molar-refractivity contribution in [2.75, 3.05) is 11.9 Å². The predicted octanol–water partition coefficient (Wildman–Crippen LogP) is 2.09. The van der Waals surface area contributed by atoms with Gasteiger partial charge in [0.2, 0.25) is 5.88 Å². The third-order valence-electron chi connectivity index (χ3n) is 1.53. The third kappa shape index (κ3) is 3.60. The Balaban J connectivity index is 2.59. The molecule has 1 N–H and O–H groups in total. The first-order chi connectivity index (χ1) is 6.72. The van der Waals surface area contributed by atoms with Crippen LogP contribution in [0.4, 0.5) is 5.82 Å². The average Bonchev–Trinajstić information content (AvgIpc) is 2.14. The first-order valence-electron chi connectivity index (χ1n) is 4.95. The fraction of sp³-hybridized carbons (Fsp3) is 0.600. The molecule has 0 amide bonds. The van der Waals surface area contributed by atoms with Gasteiger partial charge in [-0.3, -0.25) is 4.98 Å². The molecule has 0 fully saturated rings.